The summed E-state index contributed by atoms with van der Waals surface area (Å²) in [6, 6.07) is 13.7. The second-order valence-corrected chi connectivity index (χ2v) is 9.01. The van der Waals surface area contributed by atoms with E-state index in [1.165, 1.54) is 6.07 Å². The zero-order chi connectivity index (χ0) is 21.1. The van der Waals surface area contributed by atoms with Gasteiger partial charge in [0.2, 0.25) is 5.91 Å². The summed E-state index contributed by atoms with van der Waals surface area (Å²) in [6.07, 6.45) is 1.93. The van der Waals surface area contributed by atoms with Crippen molar-refractivity contribution in [1.82, 2.24) is 15.2 Å². The summed E-state index contributed by atoms with van der Waals surface area (Å²) in [5, 5.41) is 8.58. The van der Waals surface area contributed by atoms with E-state index in [1.807, 2.05) is 28.5 Å². The van der Waals surface area contributed by atoms with E-state index >= 15 is 0 Å². The van der Waals surface area contributed by atoms with Gasteiger partial charge in [0.1, 0.15) is 5.82 Å². The molecule has 0 spiro atoms. The lowest BCUT2D eigenvalue weighted by molar-refractivity contribution is -0.116. The fourth-order valence-corrected chi connectivity index (χ4v) is 5.36. The van der Waals surface area contributed by atoms with Crippen LogP contribution in [0.4, 0.5) is 10.1 Å². The van der Waals surface area contributed by atoms with Gasteiger partial charge in [-0.25, -0.2) is 4.39 Å². The van der Waals surface area contributed by atoms with Crippen molar-refractivity contribution in [2.75, 3.05) is 11.9 Å². The highest BCUT2D eigenvalue weighted by Crippen LogP contribution is 2.41. The third kappa shape index (κ3) is 4.53. The van der Waals surface area contributed by atoms with Crippen LogP contribution in [0.25, 0.3) is 0 Å². The van der Waals surface area contributed by atoms with Gasteiger partial charge >= 0.3 is 0 Å². The molecule has 0 aliphatic carbocycles. The maximum atomic E-state index is 13.8. The Morgan fingerprint density at radius 1 is 1.30 bits per heavy atom. The zero-order valence-corrected chi connectivity index (χ0v) is 18.9. The molecule has 1 fully saturated rings. The van der Waals surface area contributed by atoms with Crippen LogP contribution in [-0.2, 0) is 4.79 Å². The lowest BCUT2D eigenvalue weighted by Crippen LogP contribution is -2.32. The van der Waals surface area contributed by atoms with Gasteiger partial charge in [0, 0.05) is 33.9 Å². The predicted octanol–water partition coefficient (Wildman–Crippen LogP) is 5.05. The second-order valence-electron chi connectivity index (χ2n) is 6.77. The third-order valence-corrected chi connectivity index (χ3v) is 6.92. The molecule has 2 atom stereocenters. The molecular weight excluding hydrogens is 487 g/mol. The van der Waals surface area contributed by atoms with Gasteiger partial charge in [0.25, 0.3) is 0 Å². The van der Waals surface area contributed by atoms with E-state index in [4.69, 9.17) is 12.2 Å². The Kier molecular flexibility index (Phi) is 6.40. The molecule has 4 rings (SSSR count). The maximum Gasteiger partial charge on any atom is 0.226 e. The molecule has 1 aliphatic rings. The largest absolute Gasteiger partial charge is 0.352 e. The van der Waals surface area contributed by atoms with Crippen molar-refractivity contribution < 1.29 is 9.18 Å². The molecule has 1 amide bonds. The summed E-state index contributed by atoms with van der Waals surface area (Å²) in [6.45, 7) is 0.398. The minimum absolute atomic E-state index is 0.0926. The number of carbonyl (C=O) groups is 1. The van der Waals surface area contributed by atoms with E-state index in [-0.39, 0.29) is 30.1 Å². The highest BCUT2D eigenvalue weighted by molar-refractivity contribution is 9.10. The monoisotopic (exact) mass is 504 g/mol. The number of rotatable bonds is 6. The van der Waals surface area contributed by atoms with Crippen molar-refractivity contribution in [2.45, 2.75) is 18.5 Å². The molecule has 0 unspecified atom stereocenters. The van der Waals surface area contributed by atoms with Gasteiger partial charge in [-0.2, -0.15) is 0 Å². The molecule has 2 N–H and O–H groups in total. The number of amides is 1. The van der Waals surface area contributed by atoms with E-state index in [2.05, 4.69) is 37.6 Å². The van der Waals surface area contributed by atoms with Gasteiger partial charge in [-0.15, -0.1) is 11.3 Å². The molecule has 3 aromatic rings. The maximum absolute atomic E-state index is 13.8. The second kappa shape index (κ2) is 9.20. The molecule has 3 heterocycles. The average molecular weight is 505 g/mol. The van der Waals surface area contributed by atoms with Crippen molar-refractivity contribution in [2.24, 2.45) is 0 Å². The van der Waals surface area contributed by atoms with Crippen LogP contribution in [0.3, 0.4) is 0 Å². The lowest BCUT2D eigenvalue weighted by Gasteiger charge is -2.26. The van der Waals surface area contributed by atoms with Crippen LogP contribution in [0.2, 0.25) is 0 Å². The van der Waals surface area contributed by atoms with Crippen LogP contribution in [0, 0.1) is 5.82 Å². The Labute approximate surface area is 191 Å². The molecule has 2 aromatic heterocycles. The molecule has 30 heavy (non-hydrogen) atoms. The van der Waals surface area contributed by atoms with Crippen molar-refractivity contribution in [1.29, 1.82) is 0 Å². The first-order valence-corrected chi connectivity index (χ1v) is 11.4. The van der Waals surface area contributed by atoms with Crippen molar-refractivity contribution in [3.63, 3.8) is 0 Å². The van der Waals surface area contributed by atoms with Crippen molar-refractivity contribution in [3.05, 3.63) is 81.0 Å². The molecule has 0 bridgehead atoms. The SMILES string of the molecule is O=C(CCN1C(=S)N[C@@H](c2ccccn2)[C@H]1c1cc(Br)cs1)Nc1ccccc1F. The first kappa shape index (κ1) is 20.9. The van der Waals surface area contributed by atoms with E-state index < -0.39 is 5.82 Å². The smallest absolute Gasteiger partial charge is 0.226 e. The first-order chi connectivity index (χ1) is 14.5. The van der Waals surface area contributed by atoms with Gasteiger partial charge in [-0.1, -0.05) is 18.2 Å². The number of carbonyl (C=O) groups excluding carboxylic acids is 1. The molecule has 1 saturated heterocycles. The molecular formula is C21H18BrFN4OS2. The van der Waals surface area contributed by atoms with Crippen LogP contribution >= 0.6 is 39.5 Å². The topological polar surface area (TPSA) is 57.3 Å². The highest BCUT2D eigenvalue weighted by atomic mass is 79.9. The van der Waals surface area contributed by atoms with Gasteiger partial charge in [0.05, 0.1) is 23.5 Å². The van der Waals surface area contributed by atoms with Crippen LogP contribution in [0.1, 0.15) is 29.1 Å². The normalized spacial score (nSPS) is 18.3. The number of para-hydroxylation sites is 1. The number of halogens is 2. The Balaban J connectivity index is 1.52. The minimum atomic E-state index is -0.458. The summed E-state index contributed by atoms with van der Waals surface area (Å²) >= 11 is 10.7. The van der Waals surface area contributed by atoms with Crippen molar-refractivity contribution in [3.8, 4) is 0 Å². The summed E-state index contributed by atoms with van der Waals surface area (Å²) in [5.74, 6) is -0.726. The molecule has 1 aliphatic heterocycles. The molecule has 154 valence electrons. The van der Waals surface area contributed by atoms with Crippen LogP contribution in [-0.4, -0.2) is 27.4 Å². The van der Waals surface area contributed by atoms with E-state index in [0.29, 0.717) is 11.7 Å². The summed E-state index contributed by atoms with van der Waals surface area (Å²) in [7, 11) is 0. The number of hydrogen-bond donors (Lipinski definition) is 2. The number of nitrogens with one attached hydrogen (secondary N) is 2. The predicted molar refractivity (Wildman–Crippen MR) is 124 cm³/mol. The first-order valence-electron chi connectivity index (χ1n) is 9.29. The number of thiophene rings is 1. The Morgan fingerprint density at radius 3 is 2.80 bits per heavy atom. The number of benzene rings is 1. The summed E-state index contributed by atoms with van der Waals surface area (Å²) < 4.78 is 14.8. The van der Waals surface area contributed by atoms with Gasteiger partial charge < -0.3 is 15.5 Å². The Morgan fingerprint density at radius 2 is 2.10 bits per heavy atom. The van der Waals surface area contributed by atoms with Crippen LogP contribution in [0.5, 0.6) is 0 Å². The van der Waals surface area contributed by atoms with Gasteiger partial charge in [-0.05, 0) is 58.5 Å². The number of thiocarbonyl (C=S) groups is 1. The molecule has 9 heteroatoms. The lowest BCUT2D eigenvalue weighted by atomic mass is 10.0. The van der Waals surface area contributed by atoms with E-state index in [0.717, 1.165) is 15.0 Å². The zero-order valence-electron chi connectivity index (χ0n) is 15.7. The Bertz CT molecular complexity index is 1060. The van der Waals surface area contributed by atoms with Crippen molar-refractivity contribution >= 4 is 56.2 Å². The fourth-order valence-electron chi connectivity index (χ4n) is 3.44. The summed E-state index contributed by atoms with van der Waals surface area (Å²) in [5.41, 5.74) is 1.06. The molecule has 0 saturated carbocycles. The Hall–Kier alpha value is -2.36. The number of nitrogens with zero attached hydrogens (tertiary/aromatic N) is 2. The molecule has 1 aromatic carbocycles. The van der Waals surface area contributed by atoms with E-state index in [1.54, 1.807) is 35.7 Å². The average Bonchev–Trinajstić information content (AvgIpc) is 3.31. The molecule has 0 radical (unpaired) electrons. The fraction of sp³-hybridized carbons (Fsp3) is 0.190. The van der Waals surface area contributed by atoms with Gasteiger partial charge in [0.15, 0.2) is 5.11 Å². The van der Waals surface area contributed by atoms with Gasteiger partial charge in [-0.3, -0.25) is 9.78 Å². The quantitative estimate of drug-likeness (QED) is 0.460. The number of pyridine rings is 1. The number of aromatic nitrogens is 1. The minimum Gasteiger partial charge on any atom is -0.352 e. The van der Waals surface area contributed by atoms with Crippen LogP contribution < -0.4 is 10.6 Å². The molecule has 5 nitrogen and oxygen atoms in total. The number of anilines is 1. The van der Waals surface area contributed by atoms with Crippen LogP contribution in [0.15, 0.2) is 64.6 Å². The standard InChI is InChI=1S/C21H18BrFN4OS2/c22-13-11-17(30-12-13)20-19(16-7-3-4-9-24-16)26-21(29)27(20)10-8-18(28)25-15-6-2-1-5-14(15)23/h1-7,9,11-12,19-20H,8,10H2,(H,25,28)(H,26,29)/t19-,20+/m0/s1. The summed E-state index contributed by atoms with van der Waals surface area (Å²) in [4.78, 5) is 20.1. The third-order valence-electron chi connectivity index (χ3n) is 4.80. The van der Waals surface area contributed by atoms with E-state index in [9.17, 15) is 9.18 Å². The number of hydrogen-bond acceptors (Lipinski definition) is 4. The highest BCUT2D eigenvalue weighted by Gasteiger charge is 2.40.